The van der Waals surface area contributed by atoms with Gasteiger partial charge in [0.05, 0.1) is 26.3 Å². The highest BCUT2D eigenvalue weighted by Gasteiger charge is 2.14. The predicted molar refractivity (Wildman–Crippen MR) is 115 cm³/mol. The summed E-state index contributed by atoms with van der Waals surface area (Å²) in [6.07, 6.45) is 2.17. The number of hydrogen-bond acceptors (Lipinski definition) is 5. The van der Waals surface area contributed by atoms with Crippen LogP contribution in [-0.4, -0.2) is 29.5 Å². The number of benzene rings is 2. The monoisotopic (exact) mass is 427 g/mol. The Bertz CT molecular complexity index is 1170. The van der Waals surface area contributed by atoms with Gasteiger partial charge in [0.15, 0.2) is 16.5 Å². The van der Waals surface area contributed by atoms with Crippen LogP contribution in [0, 0.1) is 0 Å². The molecule has 0 radical (unpaired) electrons. The summed E-state index contributed by atoms with van der Waals surface area (Å²) in [6.45, 7) is 0. The number of rotatable bonds is 6. The van der Waals surface area contributed by atoms with E-state index >= 15 is 0 Å². The second-order valence-corrected chi connectivity index (χ2v) is 7.58. The molecule has 0 unspecified atom stereocenters. The van der Waals surface area contributed by atoms with Gasteiger partial charge < -0.3 is 14.8 Å². The number of thiazole rings is 1. The minimum atomic E-state index is -0.103. The third-order valence-corrected chi connectivity index (χ3v) is 5.57. The van der Waals surface area contributed by atoms with Gasteiger partial charge in [0.2, 0.25) is 5.91 Å². The Kier molecular flexibility index (Phi) is 5.42. The Morgan fingerprint density at radius 2 is 1.90 bits per heavy atom. The van der Waals surface area contributed by atoms with E-state index in [1.807, 2.05) is 34.2 Å². The summed E-state index contributed by atoms with van der Waals surface area (Å²) in [4.78, 5) is 17.9. The third-order valence-electron chi connectivity index (χ3n) is 4.43. The summed E-state index contributed by atoms with van der Waals surface area (Å²) in [7, 11) is 3.20. The van der Waals surface area contributed by atoms with Crippen LogP contribution in [-0.2, 0) is 11.2 Å². The molecule has 0 saturated heterocycles. The fourth-order valence-electron chi connectivity index (χ4n) is 2.99. The molecule has 148 valence electrons. The van der Waals surface area contributed by atoms with E-state index < -0.39 is 0 Å². The van der Waals surface area contributed by atoms with Gasteiger partial charge >= 0.3 is 0 Å². The van der Waals surface area contributed by atoms with Gasteiger partial charge in [0.25, 0.3) is 0 Å². The quantitative estimate of drug-likeness (QED) is 0.474. The zero-order chi connectivity index (χ0) is 20.4. The molecule has 4 aromatic rings. The van der Waals surface area contributed by atoms with Crippen molar-refractivity contribution in [3.8, 4) is 22.8 Å². The van der Waals surface area contributed by atoms with Crippen LogP contribution in [0.15, 0.2) is 54.0 Å². The highest BCUT2D eigenvalue weighted by molar-refractivity contribution is 7.15. The third kappa shape index (κ3) is 4.06. The number of carbonyl (C=O) groups is 1. The first kappa shape index (κ1) is 19.3. The van der Waals surface area contributed by atoms with Gasteiger partial charge in [-0.2, -0.15) is 0 Å². The molecule has 0 saturated carbocycles. The van der Waals surface area contributed by atoms with Crippen molar-refractivity contribution in [2.45, 2.75) is 6.42 Å². The van der Waals surface area contributed by atoms with E-state index in [9.17, 15) is 4.79 Å². The first-order chi connectivity index (χ1) is 14.1. The summed E-state index contributed by atoms with van der Waals surface area (Å²) in [5.74, 6) is 1.20. The Morgan fingerprint density at radius 3 is 2.62 bits per heavy atom. The molecule has 0 atom stereocenters. The summed E-state index contributed by atoms with van der Waals surface area (Å²) in [5.41, 5.74) is 3.30. The second kappa shape index (κ2) is 8.14. The predicted octanol–water partition coefficient (Wildman–Crippen LogP) is 4.91. The van der Waals surface area contributed by atoms with Crippen LogP contribution in [0.1, 0.15) is 5.69 Å². The lowest BCUT2D eigenvalue weighted by molar-refractivity contribution is -0.115. The number of halogens is 1. The smallest absolute Gasteiger partial charge is 0.230 e. The molecule has 29 heavy (non-hydrogen) atoms. The lowest BCUT2D eigenvalue weighted by Gasteiger charge is -2.08. The SMILES string of the molecule is COc1ccc(-c2cn3c(CC(=O)Nc4ccc(Cl)cc4)csc3n2)cc1OC. The van der Waals surface area contributed by atoms with E-state index in [-0.39, 0.29) is 12.3 Å². The Hall–Kier alpha value is -3.03. The van der Waals surface area contributed by atoms with Gasteiger partial charge in [0.1, 0.15) is 0 Å². The lowest BCUT2D eigenvalue weighted by atomic mass is 10.1. The molecule has 0 fully saturated rings. The van der Waals surface area contributed by atoms with Gasteiger partial charge in [-0.25, -0.2) is 4.98 Å². The van der Waals surface area contributed by atoms with E-state index in [0.717, 1.165) is 21.9 Å². The van der Waals surface area contributed by atoms with Crippen LogP contribution in [0.5, 0.6) is 11.5 Å². The summed E-state index contributed by atoms with van der Waals surface area (Å²) < 4.78 is 12.6. The van der Waals surface area contributed by atoms with Gasteiger partial charge in [-0.05, 0) is 42.5 Å². The van der Waals surface area contributed by atoms with Crippen molar-refractivity contribution in [3.05, 3.63) is 64.8 Å². The number of imidazole rings is 1. The number of fused-ring (bicyclic) bond motifs is 1. The number of hydrogen-bond donors (Lipinski definition) is 1. The molecule has 2 aromatic heterocycles. The Balaban J connectivity index is 1.56. The fraction of sp³-hybridized carbons (Fsp3) is 0.143. The van der Waals surface area contributed by atoms with Crippen molar-refractivity contribution >= 4 is 39.5 Å². The van der Waals surface area contributed by atoms with Gasteiger partial charge in [-0.3, -0.25) is 9.20 Å². The molecule has 0 spiro atoms. The second-order valence-electron chi connectivity index (χ2n) is 6.31. The largest absolute Gasteiger partial charge is 0.493 e. The molecule has 0 aliphatic rings. The van der Waals surface area contributed by atoms with Crippen LogP contribution < -0.4 is 14.8 Å². The number of ether oxygens (including phenoxy) is 2. The van der Waals surface area contributed by atoms with Gasteiger partial charge in [0, 0.05) is 33.5 Å². The highest BCUT2D eigenvalue weighted by Crippen LogP contribution is 2.32. The molecule has 0 aliphatic carbocycles. The number of aromatic nitrogens is 2. The van der Waals surface area contributed by atoms with Gasteiger partial charge in [-0.1, -0.05) is 11.6 Å². The van der Waals surface area contributed by atoms with E-state index in [2.05, 4.69) is 10.3 Å². The average Bonchev–Trinajstić information content (AvgIpc) is 3.31. The van der Waals surface area contributed by atoms with Crippen molar-refractivity contribution in [1.82, 2.24) is 9.38 Å². The summed E-state index contributed by atoms with van der Waals surface area (Å²) in [6, 6.07) is 12.7. The highest BCUT2D eigenvalue weighted by atomic mass is 35.5. The number of carbonyl (C=O) groups excluding carboxylic acids is 1. The molecule has 2 heterocycles. The Morgan fingerprint density at radius 1 is 1.14 bits per heavy atom. The van der Waals surface area contributed by atoms with Crippen LogP contribution in [0.25, 0.3) is 16.2 Å². The maximum absolute atomic E-state index is 12.4. The maximum atomic E-state index is 12.4. The number of nitrogens with one attached hydrogen (secondary N) is 1. The van der Waals surface area contributed by atoms with Crippen molar-refractivity contribution in [2.75, 3.05) is 19.5 Å². The van der Waals surface area contributed by atoms with Gasteiger partial charge in [-0.15, -0.1) is 11.3 Å². The number of anilines is 1. The van der Waals surface area contributed by atoms with E-state index in [1.165, 1.54) is 11.3 Å². The lowest BCUT2D eigenvalue weighted by Crippen LogP contribution is -2.15. The first-order valence-electron chi connectivity index (χ1n) is 8.80. The molecule has 2 aromatic carbocycles. The summed E-state index contributed by atoms with van der Waals surface area (Å²) >= 11 is 7.38. The zero-order valence-electron chi connectivity index (χ0n) is 15.8. The molecule has 1 amide bonds. The normalized spacial score (nSPS) is 10.9. The standard InChI is InChI=1S/C21H18ClN3O3S/c1-27-18-8-3-13(9-19(18)28-2)17-11-25-16(12-29-21(25)24-17)10-20(26)23-15-6-4-14(22)5-7-15/h3-9,11-12H,10H2,1-2H3,(H,23,26). The van der Waals surface area contributed by atoms with Crippen LogP contribution >= 0.6 is 22.9 Å². The average molecular weight is 428 g/mol. The van der Waals surface area contributed by atoms with Crippen LogP contribution in [0.2, 0.25) is 5.02 Å². The fourth-order valence-corrected chi connectivity index (χ4v) is 3.99. The topological polar surface area (TPSA) is 64.9 Å². The van der Waals surface area contributed by atoms with Crippen molar-refractivity contribution < 1.29 is 14.3 Å². The number of methoxy groups -OCH3 is 2. The minimum absolute atomic E-state index is 0.103. The van der Waals surface area contributed by atoms with Crippen molar-refractivity contribution in [1.29, 1.82) is 0 Å². The molecule has 0 bridgehead atoms. The molecule has 0 aliphatic heterocycles. The van der Waals surface area contributed by atoms with Crippen molar-refractivity contribution in [3.63, 3.8) is 0 Å². The molecular weight excluding hydrogens is 410 g/mol. The minimum Gasteiger partial charge on any atom is -0.493 e. The first-order valence-corrected chi connectivity index (χ1v) is 10.1. The molecule has 4 rings (SSSR count). The zero-order valence-corrected chi connectivity index (χ0v) is 17.4. The van der Waals surface area contributed by atoms with E-state index in [4.69, 9.17) is 21.1 Å². The Labute approximate surface area is 176 Å². The van der Waals surface area contributed by atoms with E-state index in [0.29, 0.717) is 22.2 Å². The maximum Gasteiger partial charge on any atom is 0.230 e. The van der Waals surface area contributed by atoms with Crippen LogP contribution in [0.4, 0.5) is 5.69 Å². The van der Waals surface area contributed by atoms with Crippen molar-refractivity contribution in [2.24, 2.45) is 0 Å². The number of nitrogens with zero attached hydrogens (tertiary/aromatic N) is 2. The molecule has 8 heteroatoms. The molecule has 6 nitrogen and oxygen atoms in total. The summed E-state index contributed by atoms with van der Waals surface area (Å²) in [5, 5.41) is 5.46. The molecule has 1 N–H and O–H groups in total. The number of amides is 1. The van der Waals surface area contributed by atoms with Crippen LogP contribution in [0.3, 0.4) is 0 Å². The molecular formula is C21H18ClN3O3S. The van der Waals surface area contributed by atoms with E-state index in [1.54, 1.807) is 38.5 Å².